The van der Waals surface area contributed by atoms with Crippen molar-refractivity contribution in [1.82, 2.24) is 4.98 Å². The number of aromatic hydroxyl groups is 2. The van der Waals surface area contributed by atoms with Gasteiger partial charge in [-0.25, -0.2) is 9.78 Å². The second-order valence-electron chi connectivity index (χ2n) is 4.01. The highest BCUT2D eigenvalue weighted by Crippen LogP contribution is 2.37. The minimum atomic E-state index is -1.21. The number of aromatic carboxylic acids is 1. The lowest BCUT2D eigenvalue weighted by Crippen LogP contribution is -1.96. The van der Waals surface area contributed by atoms with Crippen molar-refractivity contribution < 1.29 is 20.1 Å². The molecule has 22 heavy (non-hydrogen) atoms. The Hall–Kier alpha value is -3.25. The molecule has 2 rings (SSSR count). The third kappa shape index (κ3) is 2.92. The molecule has 0 aliphatic carbocycles. The molecule has 1 heterocycles. The van der Waals surface area contributed by atoms with Gasteiger partial charge in [0.1, 0.15) is 11.1 Å². The van der Waals surface area contributed by atoms with Crippen molar-refractivity contribution in [2.45, 2.75) is 0 Å². The van der Waals surface area contributed by atoms with Crippen molar-refractivity contribution in [1.29, 1.82) is 5.26 Å². The number of benzene rings is 1. The molecule has 0 fully saturated rings. The second-order valence-corrected chi connectivity index (χ2v) is 4.87. The smallest absolute Gasteiger partial charge is 0.355 e. The molecule has 1 aromatic heterocycles. The molecule has 110 valence electrons. The molecule has 0 unspecified atom stereocenters. The van der Waals surface area contributed by atoms with Gasteiger partial charge in [0.15, 0.2) is 22.9 Å². The van der Waals surface area contributed by atoms with Crippen LogP contribution in [0.5, 0.6) is 11.5 Å². The first-order valence-corrected chi connectivity index (χ1v) is 6.54. The largest absolute Gasteiger partial charge is 0.504 e. The Bertz CT molecular complexity index is 835. The van der Waals surface area contributed by atoms with Crippen molar-refractivity contribution in [3.63, 3.8) is 0 Å². The van der Waals surface area contributed by atoms with E-state index in [9.17, 15) is 19.9 Å². The maximum absolute atomic E-state index is 10.8. The summed E-state index contributed by atoms with van der Waals surface area (Å²) in [5.41, 5.74) is -0.299. The molecular weight excluding hydrogens is 310 g/mol. The topological polar surface area (TPSA) is 144 Å². The van der Waals surface area contributed by atoms with E-state index in [0.29, 0.717) is 0 Å². The highest BCUT2D eigenvalue weighted by Gasteiger charge is 2.13. The summed E-state index contributed by atoms with van der Waals surface area (Å²) in [7, 11) is 0. The summed E-state index contributed by atoms with van der Waals surface area (Å²) < 4.78 is 0. The van der Waals surface area contributed by atoms with Crippen LogP contribution < -0.4 is 0 Å². The van der Waals surface area contributed by atoms with Crippen LogP contribution in [0.2, 0.25) is 0 Å². The standard InChI is InChI=1S/C13H7N3O5S/c14-4-7(12-15-9(5-22-12)13(19)20)1-6-2-8(16-21)11(18)10(17)3-6/h1-3,5,17-18H,(H,19,20)/b7-1+. The van der Waals surface area contributed by atoms with Crippen LogP contribution in [-0.4, -0.2) is 26.3 Å². The molecule has 0 aliphatic rings. The van der Waals surface area contributed by atoms with Gasteiger partial charge in [-0.1, -0.05) is 0 Å². The number of nitroso groups, excluding NO2 is 1. The second kappa shape index (κ2) is 6.02. The van der Waals surface area contributed by atoms with Gasteiger partial charge in [-0.05, 0) is 28.9 Å². The summed E-state index contributed by atoms with van der Waals surface area (Å²) in [5, 5.41) is 40.9. The third-order valence-electron chi connectivity index (χ3n) is 2.58. The van der Waals surface area contributed by atoms with E-state index in [2.05, 4.69) is 10.2 Å². The fraction of sp³-hybridized carbons (Fsp3) is 0. The molecule has 2 aromatic rings. The molecular formula is C13H7N3O5S. The van der Waals surface area contributed by atoms with Gasteiger partial charge in [-0.3, -0.25) is 0 Å². The number of hydrogen-bond donors (Lipinski definition) is 3. The predicted molar refractivity (Wildman–Crippen MR) is 77.8 cm³/mol. The Labute approximate surface area is 127 Å². The van der Waals surface area contributed by atoms with E-state index in [1.54, 1.807) is 0 Å². The zero-order valence-electron chi connectivity index (χ0n) is 10.7. The Morgan fingerprint density at radius 2 is 2.14 bits per heavy atom. The fourth-order valence-corrected chi connectivity index (χ4v) is 2.34. The number of carboxylic acids is 1. The van der Waals surface area contributed by atoms with Crippen LogP contribution in [-0.2, 0) is 0 Å². The Morgan fingerprint density at radius 3 is 2.68 bits per heavy atom. The molecule has 0 aliphatic heterocycles. The van der Waals surface area contributed by atoms with Crippen LogP contribution >= 0.6 is 11.3 Å². The lowest BCUT2D eigenvalue weighted by Gasteiger charge is -2.02. The molecule has 9 heteroatoms. The molecule has 0 amide bonds. The van der Waals surface area contributed by atoms with Crippen LogP contribution in [0.4, 0.5) is 5.69 Å². The van der Waals surface area contributed by atoms with Gasteiger partial charge >= 0.3 is 5.97 Å². The number of aromatic nitrogens is 1. The maximum Gasteiger partial charge on any atom is 0.355 e. The molecule has 1 aromatic carbocycles. The van der Waals surface area contributed by atoms with E-state index in [1.165, 1.54) is 17.5 Å². The Balaban J connectivity index is 2.49. The zero-order valence-corrected chi connectivity index (χ0v) is 11.5. The zero-order chi connectivity index (χ0) is 16.3. The first-order chi connectivity index (χ1) is 10.5. The van der Waals surface area contributed by atoms with E-state index in [-0.39, 0.29) is 27.5 Å². The van der Waals surface area contributed by atoms with Gasteiger partial charge in [0.2, 0.25) is 0 Å². The van der Waals surface area contributed by atoms with Crippen LogP contribution in [0.3, 0.4) is 0 Å². The van der Waals surface area contributed by atoms with Crippen LogP contribution in [0, 0.1) is 16.2 Å². The summed E-state index contributed by atoms with van der Waals surface area (Å²) in [4.78, 5) is 25.1. The number of carboxylic acid groups (broad SMARTS) is 1. The molecule has 0 saturated carbocycles. The average molecular weight is 317 g/mol. The van der Waals surface area contributed by atoms with Crippen molar-refractivity contribution >= 4 is 34.6 Å². The number of thiazole rings is 1. The summed E-state index contributed by atoms with van der Waals surface area (Å²) in [5.74, 6) is -2.44. The number of hydrogen-bond acceptors (Lipinski definition) is 8. The number of rotatable bonds is 4. The van der Waals surface area contributed by atoms with E-state index in [0.717, 1.165) is 17.4 Å². The van der Waals surface area contributed by atoms with E-state index in [4.69, 9.17) is 10.4 Å². The predicted octanol–water partition coefficient (Wildman–Crippen LogP) is 2.71. The minimum Gasteiger partial charge on any atom is -0.504 e. The highest BCUT2D eigenvalue weighted by atomic mass is 32.1. The first-order valence-electron chi connectivity index (χ1n) is 5.66. The Kier molecular flexibility index (Phi) is 4.15. The number of nitrogens with zero attached hydrogens (tertiary/aromatic N) is 3. The molecule has 8 nitrogen and oxygen atoms in total. The van der Waals surface area contributed by atoms with E-state index < -0.39 is 17.5 Å². The van der Waals surface area contributed by atoms with Crippen molar-refractivity contribution in [3.8, 4) is 17.6 Å². The molecule has 0 spiro atoms. The Morgan fingerprint density at radius 1 is 1.41 bits per heavy atom. The van der Waals surface area contributed by atoms with E-state index >= 15 is 0 Å². The van der Waals surface area contributed by atoms with Gasteiger partial charge in [-0.15, -0.1) is 16.2 Å². The molecule has 0 bridgehead atoms. The third-order valence-corrected chi connectivity index (χ3v) is 3.45. The van der Waals surface area contributed by atoms with Crippen LogP contribution in [0.1, 0.15) is 21.1 Å². The number of allylic oxidation sites excluding steroid dienone is 1. The molecule has 0 saturated heterocycles. The van der Waals surface area contributed by atoms with Gasteiger partial charge < -0.3 is 15.3 Å². The number of phenols is 2. The normalized spacial score (nSPS) is 11.0. The van der Waals surface area contributed by atoms with Crippen molar-refractivity contribution in [2.24, 2.45) is 5.18 Å². The first kappa shape index (κ1) is 15.1. The van der Waals surface area contributed by atoms with Crippen LogP contribution in [0.25, 0.3) is 11.6 Å². The average Bonchev–Trinajstić information content (AvgIpc) is 2.98. The van der Waals surface area contributed by atoms with Gasteiger partial charge in [0.05, 0.1) is 5.57 Å². The highest BCUT2D eigenvalue weighted by molar-refractivity contribution is 7.11. The van der Waals surface area contributed by atoms with Crippen molar-refractivity contribution in [3.05, 3.63) is 38.7 Å². The van der Waals surface area contributed by atoms with Crippen LogP contribution in [0.15, 0.2) is 22.7 Å². The summed E-state index contributed by atoms with van der Waals surface area (Å²) in [6.45, 7) is 0. The minimum absolute atomic E-state index is 0.0411. The number of nitriles is 1. The van der Waals surface area contributed by atoms with Gasteiger partial charge in [-0.2, -0.15) is 5.26 Å². The summed E-state index contributed by atoms with van der Waals surface area (Å²) >= 11 is 0.967. The fourth-order valence-electron chi connectivity index (χ4n) is 1.58. The van der Waals surface area contributed by atoms with Gasteiger partial charge in [0.25, 0.3) is 0 Å². The molecule has 0 radical (unpaired) electrons. The maximum atomic E-state index is 10.8. The lowest BCUT2D eigenvalue weighted by atomic mass is 10.1. The SMILES string of the molecule is N#C/C(=C\c1cc(O)c(O)c(N=O)c1)c1nc(C(=O)O)cs1. The molecule has 3 N–H and O–H groups in total. The van der Waals surface area contributed by atoms with Crippen molar-refractivity contribution in [2.75, 3.05) is 0 Å². The lowest BCUT2D eigenvalue weighted by molar-refractivity contribution is 0.0691. The summed E-state index contributed by atoms with van der Waals surface area (Å²) in [6.07, 6.45) is 1.29. The number of phenolic OH excluding ortho intramolecular Hbond substituents is 2. The molecule has 0 atom stereocenters. The quantitative estimate of drug-likeness (QED) is 0.446. The van der Waals surface area contributed by atoms with Gasteiger partial charge in [0, 0.05) is 5.38 Å². The summed E-state index contributed by atoms with van der Waals surface area (Å²) in [6, 6.07) is 4.16. The monoisotopic (exact) mass is 317 g/mol. The number of carbonyl (C=O) groups is 1. The van der Waals surface area contributed by atoms with E-state index in [1.807, 2.05) is 6.07 Å².